The molecule has 0 aromatic carbocycles. The van der Waals surface area contributed by atoms with Gasteiger partial charge in [0.1, 0.15) is 0 Å². The Kier molecular flexibility index (Phi) is 4.44. The third-order valence-electron chi connectivity index (χ3n) is 4.34. The lowest BCUT2D eigenvalue weighted by Crippen LogP contribution is -2.40. The minimum absolute atomic E-state index is 0.553. The molecule has 0 aliphatic heterocycles. The summed E-state index contributed by atoms with van der Waals surface area (Å²) in [4.78, 5) is 0. The van der Waals surface area contributed by atoms with Gasteiger partial charge in [-0.05, 0) is 45.2 Å². The number of likely N-dealkylation sites (N-methyl/N-ethyl adjacent to an activating group) is 1. The average Bonchev–Trinajstić information content (AvgIpc) is 2.65. The molecule has 0 radical (unpaired) electrons. The predicted molar refractivity (Wildman–Crippen MR) is 76.0 cm³/mol. The van der Waals surface area contributed by atoms with Crippen LogP contribution in [0.25, 0.3) is 0 Å². The summed E-state index contributed by atoms with van der Waals surface area (Å²) in [5.74, 6) is 0. The Balaban J connectivity index is 2.28. The molecule has 3 nitrogen and oxygen atoms in total. The van der Waals surface area contributed by atoms with Gasteiger partial charge in [0.05, 0.1) is 11.7 Å². The van der Waals surface area contributed by atoms with Gasteiger partial charge in [-0.1, -0.05) is 26.7 Å². The molecule has 2 atom stereocenters. The van der Waals surface area contributed by atoms with Crippen LogP contribution in [0.3, 0.4) is 0 Å². The standard InChI is InChI=1S/C15H27N3/c1-5-13-11(3)17-18(12(13)4)15-10-8-7-9-14(15)16-6-2/h14-16H,5-10H2,1-4H3. The monoisotopic (exact) mass is 249 g/mol. The fourth-order valence-electron chi connectivity index (χ4n) is 3.44. The molecule has 1 aliphatic rings. The molecule has 102 valence electrons. The summed E-state index contributed by atoms with van der Waals surface area (Å²) in [6.07, 6.45) is 6.35. The zero-order valence-corrected chi connectivity index (χ0v) is 12.3. The molecule has 0 bridgehead atoms. The normalized spacial score (nSPS) is 24.4. The third-order valence-corrected chi connectivity index (χ3v) is 4.34. The van der Waals surface area contributed by atoms with Crippen molar-refractivity contribution in [2.24, 2.45) is 0 Å². The van der Waals surface area contributed by atoms with Crippen LogP contribution in [-0.2, 0) is 6.42 Å². The molecule has 2 rings (SSSR count). The number of aryl methyl sites for hydroxylation is 1. The topological polar surface area (TPSA) is 29.9 Å². The van der Waals surface area contributed by atoms with Crippen molar-refractivity contribution in [1.29, 1.82) is 0 Å². The third kappa shape index (κ3) is 2.46. The van der Waals surface area contributed by atoms with Crippen molar-refractivity contribution in [1.82, 2.24) is 15.1 Å². The average molecular weight is 249 g/mol. The van der Waals surface area contributed by atoms with Crippen LogP contribution in [0.2, 0.25) is 0 Å². The maximum Gasteiger partial charge on any atom is 0.0675 e. The van der Waals surface area contributed by atoms with E-state index in [1.807, 2.05) is 0 Å². The predicted octanol–water partition coefficient (Wildman–Crippen LogP) is 3.16. The first-order valence-corrected chi connectivity index (χ1v) is 7.47. The Hall–Kier alpha value is -0.830. The summed E-state index contributed by atoms with van der Waals surface area (Å²) in [6.45, 7) is 9.86. The van der Waals surface area contributed by atoms with Gasteiger partial charge in [0.25, 0.3) is 0 Å². The Morgan fingerprint density at radius 3 is 2.56 bits per heavy atom. The van der Waals surface area contributed by atoms with Crippen molar-refractivity contribution < 1.29 is 0 Å². The number of hydrogen-bond donors (Lipinski definition) is 1. The van der Waals surface area contributed by atoms with E-state index in [4.69, 9.17) is 5.10 Å². The first kappa shape index (κ1) is 13.6. The van der Waals surface area contributed by atoms with E-state index in [0.717, 1.165) is 13.0 Å². The van der Waals surface area contributed by atoms with Crippen LogP contribution in [0, 0.1) is 13.8 Å². The lowest BCUT2D eigenvalue weighted by atomic mass is 9.90. The van der Waals surface area contributed by atoms with Gasteiger partial charge in [0, 0.05) is 11.7 Å². The van der Waals surface area contributed by atoms with Crippen molar-refractivity contribution in [2.75, 3.05) is 6.54 Å². The summed E-state index contributed by atoms with van der Waals surface area (Å²) in [6, 6.07) is 1.16. The van der Waals surface area contributed by atoms with Gasteiger partial charge in [-0.2, -0.15) is 5.10 Å². The second kappa shape index (κ2) is 5.87. The second-order valence-electron chi connectivity index (χ2n) is 5.46. The van der Waals surface area contributed by atoms with Gasteiger partial charge in [0.15, 0.2) is 0 Å². The van der Waals surface area contributed by atoms with Gasteiger partial charge >= 0.3 is 0 Å². The summed E-state index contributed by atoms with van der Waals surface area (Å²) in [5.41, 5.74) is 4.04. The van der Waals surface area contributed by atoms with E-state index in [1.54, 1.807) is 0 Å². The lowest BCUT2D eigenvalue weighted by Gasteiger charge is -2.33. The molecule has 1 aromatic heterocycles. The summed E-state index contributed by atoms with van der Waals surface area (Å²) < 4.78 is 2.31. The van der Waals surface area contributed by atoms with Crippen LogP contribution in [0.5, 0.6) is 0 Å². The lowest BCUT2D eigenvalue weighted by molar-refractivity contribution is 0.246. The van der Waals surface area contributed by atoms with Gasteiger partial charge in [-0.15, -0.1) is 0 Å². The Labute approximate surface area is 111 Å². The molecule has 0 spiro atoms. The molecular formula is C15H27N3. The van der Waals surface area contributed by atoms with Gasteiger partial charge in [-0.25, -0.2) is 0 Å². The van der Waals surface area contributed by atoms with E-state index >= 15 is 0 Å². The van der Waals surface area contributed by atoms with Gasteiger partial charge in [-0.3, -0.25) is 4.68 Å². The van der Waals surface area contributed by atoms with Crippen LogP contribution >= 0.6 is 0 Å². The van der Waals surface area contributed by atoms with E-state index in [-0.39, 0.29) is 0 Å². The fourth-order valence-corrected chi connectivity index (χ4v) is 3.44. The van der Waals surface area contributed by atoms with Crippen LogP contribution in [0.1, 0.15) is 62.5 Å². The largest absolute Gasteiger partial charge is 0.312 e. The highest BCUT2D eigenvalue weighted by Crippen LogP contribution is 2.30. The number of rotatable bonds is 4. The zero-order chi connectivity index (χ0) is 13.1. The molecule has 1 saturated carbocycles. The van der Waals surface area contributed by atoms with Crippen molar-refractivity contribution in [3.63, 3.8) is 0 Å². The summed E-state index contributed by atoms with van der Waals surface area (Å²) in [5, 5.41) is 8.46. The van der Waals surface area contributed by atoms with E-state index < -0.39 is 0 Å². The number of hydrogen-bond acceptors (Lipinski definition) is 2. The van der Waals surface area contributed by atoms with E-state index in [1.165, 1.54) is 42.6 Å². The highest BCUT2D eigenvalue weighted by molar-refractivity contribution is 5.25. The quantitative estimate of drug-likeness (QED) is 0.888. The van der Waals surface area contributed by atoms with E-state index in [0.29, 0.717) is 12.1 Å². The molecule has 3 heteroatoms. The SMILES string of the molecule is CCNC1CCCCC1n1nc(C)c(CC)c1C. The molecule has 1 heterocycles. The molecule has 1 N–H and O–H groups in total. The number of nitrogens with zero attached hydrogens (tertiary/aromatic N) is 2. The minimum Gasteiger partial charge on any atom is -0.312 e. The number of aromatic nitrogens is 2. The molecule has 1 fully saturated rings. The van der Waals surface area contributed by atoms with Crippen molar-refractivity contribution in [3.8, 4) is 0 Å². The van der Waals surface area contributed by atoms with Crippen LogP contribution < -0.4 is 5.32 Å². The van der Waals surface area contributed by atoms with Crippen molar-refractivity contribution >= 4 is 0 Å². The first-order chi connectivity index (χ1) is 8.69. The molecule has 1 aliphatic carbocycles. The Morgan fingerprint density at radius 1 is 1.22 bits per heavy atom. The molecule has 18 heavy (non-hydrogen) atoms. The van der Waals surface area contributed by atoms with Crippen molar-refractivity contribution in [3.05, 3.63) is 17.0 Å². The van der Waals surface area contributed by atoms with Crippen LogP contribution in [-0.4, -0.2) is 22.4 Å². The molecule has 2 unspecified atom stereocenters. The summed E-state index contributed by atoms with van der Waals surface area (Å²) in [7, 11) is 0. The molecule has 0 saturated heterocycles. The molecular weight excluding hydrogens is 222 g/mol. The molecule has 1 aromatic rings. The molecule has 0 amide bonds. The van der Waals surface area contributed by atoms with Crippen LogP contribution in [0.4, 0.5) is 0 Å². The Bertz CT molecular complexity index is 393. The van der Waals surface area contributed by atoms with E-state index in [9.17, 15) is 0 Å². The number of nitrogens with one attached hydrogen (secondary N) is 1. The Morgan fingerprint density at radius 2 is 1.94 bits per heavy atom. The first-order valence-electron chi connectivity index (χ1n) is 7.47. The zero-order valence-electron chi connectivity index (χ0n) is 12.3. The maximum atomic E-state index is 4.81. The van der Waals surface area contributed by atoms with Gasteiger partial charge in [0.2, 0.25) is 0 Å². The van der Waals surface area contributed by atoms with Crippen molar-refractivity contribution in [2.45, 2.75) is 71.9 Å². The highest BCUT2D eigenvalue weighted by Gasteiger charge is 2.28. The minimum atomic E-state index is 0.553. The smallest absolute Gasteiger partial charge is 0.0675 e. The fraction of sp³-hybridized carbons (Fsp3) is 0.800. The van der Waals surface area contributed by atoms with Crippen LogP contribution in [0.15, 0.2) is 0 Å². The van der Waals surface area contributed by atoms with Gasteiger partial charge < -0.3 is 5.32 Å². The summed E-state index contributed by atoms with van der Waals surface area (Å²) >= 11 is 0. The maximum absolute atomic E-state index is 4.81. The van der Waals surface area contributed by atoms with E-state index in [2.05, 4.69) is 37.7 Å². The highest BCUT2D eigenvalue weighted by atomic mass is 15.3. The second-order valence-corrected chi connectivity index (χ2v) is 5.46.